The van der Waals surface area contributed by atoms with E-state index >= 15 is 0 Å². The highest BCUT2D eigenvalue weighted by Gasteiger charge is 2.08. The molecule has 0 aliphatic carbocycles. The molecular weight excluding hydrogens is 352 g/mol. The Morgan fingerprint density at radius 2 is 1.89 bits per heavy atom. The van der Waals surface area contributed by atoms with Crippen molar-refractivity contribution in [2.24, 2.45) is 0 Å². The highest BCUT2D eigenvalue weighted by Crippen LogP contribution is 2.32. The third kappa shape index (κ3) is 3.62. The minimum atomic E-state index is -0.374. The number of halogens is 4. The lowest BCUT2D eigenvalue weighted by Crippen LogP contribution is -2.01. The third-order valence-electron chi connectivity index (χ3n) is 2.71. The van der Waals surface area contributed by atoms with Crippen LogP contribution in [0.5, 0.6) is 0 Å². The van der Waals surface area contributed by atoms with Gasteiger partial charge < -0.3 is 5.32 Å². The highest BCUT2D eigenvalue weighted by molar-refractivity contribution is 9.10. The van der Waals surface area contributed by atoms with E-state index in [2.05, 4.69) is 21.2 Å². The number of hydrogen-bond acceptors (Lipinski definition) is 1. The lowest BCUT2D eigenvalue weighted by atomic mass is 10.1. The molecular formula is C14H11BrCl2FN. The molecule has 2 rings (SSSR count). The van der Waals surface area contributed by atoms with Crippen LogP contribution in [0, 0.1) is 12.7 Å². The van der Waals surface area contributed by atoms with Gasteiger partial charge >= 0.3 is 0 Å². The van der Waals surface area contributed by atoms with Crippen molar-refractivity contribution in [2.45, 2.75) is 13.5 Å². The number of anilines is 1. The van der Waals surface area contributed by atoms with Crippen molar-refractivity contribution < 1.29 is 4.39 Å². The van der Waals surface area contributed by atoms with Gasteiger partial charge in [-0.25, -0.2) is 4.39 Å². The predicted molar refractivity (Wildman–Crippen MR) is 82.6 cm³/mol. The zero-order chi connectivity index (χ0) is 14.0. The Bertz CT molecular complexity index is 593. The number of benzene rings is 2. The zero-order valence-corrected chi connectivity index (χ0v) is 13.2. The molecule has 0 atom stereocenters. The summed E-state index contributed by atoms with van der Waals surface area (Å²) in [6.45, 7) is 2.51. The van der Waals surface area contributed by atoms with Gasteiger partial charge in [0.2, 0.25) is 0 Å². The standard InChI is InChI=1S/C14H11BrCl2FN/c1-8-2-3-9(4-12(8)16)7-19-14-11(15)5-10(18)6-13(14)17/h2-6,19H,7H2,1H3. The SMILES string of the molecule is Cc1ccc(CNc2c(Cl)cc(F)cc2Br)cc1Cl. The maximum Gasteiger partial charge on any atom is 0.125 e. The monoisotopic (exact) mass is 361 g/mol. The molecule has 0 bridgehead atoms. The van der Waals surface area contributed by atoms with Crippen LogP contribution >= 0.6 is 39.1 Å². The van der Waals surface area contributed by atoms with Crippen molar-refractivity contribution >= 4 is 44.8 Å². The third-order valence-corrected chi connectivity index (χ3v) is 4.04. The van der Waals surface area contributed by atoms with Crippen molar-refractivity contribution in [3.8, 4) is 0 Å². The Labute approximate surface area is 129 Å². The van der Waals surface area contributed by atoms with Crippen LogP contribution in [0.3, 0.4) is 0 Å². The summed E-state index contributed by atoms with van der Waals surface area (Å²) in [5.41, 5.74) is 2.73. The first-order chi connectivity index (χ1) is 8.97. The smallest absolute Gasteiger partial charge is 0.125 e. The molecule has 2 aromatic rings. The molecule has 0 amide bonds. The van der Waals surface area contributed by atoms with E-state index in [1.165, 1.54) is 12.1 Å². The van der Waals surface area contributed by atoms with E-state index in [9.17, 15) is 4.39 Å². The van der Waals surface area contributed by atoms with Crippen LogP contribution in [0.15, 0.2) is 34.8 Å². The maximum atomic E-state index is 13.1. The molecule has 0 aliphatic heterocycles. The molecule has 0 heterocycles. The Hall–Kier alpha value is -0.770. The van der Waals surface area contributed by atoms with Gasteiger partial charge in [0.1, 0.15) is 5.82 Å². The summed E-state index contributed by atoms with van der Waals surface area (Å²) in [6, 6.07) is 8.49. The molecule has 0 aromatic heterocycles. The lowest BCUT2D eigenvalue weighted by molar-refractivity contribution is 0.627. The summed E-state index contributed by atoms with van der Waals surface area (Å²) in [5, 5.41) is 4.23. The Morgan fingerprint density at radius 1 is 1.16 bits per heavy atom. The Kier molecular flexibility index (Phi) is 4.71. The van der Waals surface area contributed by atoms with Crippen LogP contribution in [-0.2, 0) is 6.54 Å². The van der Waals surface area contributed by atoms with Gasteiger partial charge in [0.25, 0.3) is 0 Å². The van der Waals surface area contributed by atoms with Gasteiger partial charge in [-0.1, -0.05) is 35.3 Å². The number of rotatable bonds is 3. The van der Waals surface area contributed by atoms with E-state index in [-0.39, 0.29) is 5.82 Å². The Balaban J connectivity index is 2.16. The van der Waals surface area contributed by atoms with Gasteiger partial charge in [-0.05, 0) is 52.2 Å². The molecule has 0 saturated heterocycles. The van der Waals surface area contributed by atoms with Gasteiger partial charge in [0.05, 0.1) is 10.7 Å². The number of nitrogens with one attached hydrogen (secondary N) is 1. The average molecular weight is 363 g/mol. The molecule has 1 N–H and O–H groups in total. The topological polar surface area (TPSA) is 12.0 Å². The van der Waals surface area contributed by atoms with Crippen LogP contribution in [-0.4, -0.2) is 0 Å². The largest absolute Gasteiger partial charge is 0.379 e. The summed E-state index contributed by atoms with van der Waals surface area (Å²) in [7, 11) is 0. The van der Waals surface area contributed by atoms with Crippen molar-refractivity contribution in [1.82, 2.24) is 0 Å². The Morgan fingerprint density at radius 3 is 2.53 bits per heavy atom. The second-order valence-corrected chi connectivity index (χ2v) is 5.85. The van der Waals surface area contributed by atoms with Crippen molar-refractivity contribution in [1.29, 1.82) is 0 Å². The molecule has 0 unspecified atom stereocenters. The fourth-order valence-electron chi connectivity index (χ4n) is 1.65. The summed E-state index contributed by atoms with van der Waals surface area (Å²) in [4.78, 5) is 0. The van der Waals surface area contributed by atoms with E-state index in [1.807, 2.05) is 25.1 Å². The molecule has 0 aliphatic rings. The van der Waals surface area contributed by atoms with Gasteiger partial charge in [0.15, 0.2) is 0 Å². The van der Waals surface area contributed by atoms with E-state index in [0.29, 0.717) is 21.7 Å². The van der Waals surface area contributed by atoms with E-state index in [1.54, 1.807) is 0 Å². The summed E-state index contributed by atoms with van der Waals surface area (Å²) < 4.78 is 13.7. The first-order valence-corrected chi connectivity index (χ1v) is 7.15. The zero-order valence-electron chi connectivity index (χ0n) is 10.1. The van der Waals surface area contributed by atoms with Crippen LogP contribution in [0.4, 0.5) is 10.1 Å². The highest BCUT2D eigenvalue weighted by atomic mass is 79.9. The van der Waals surface area contributed by atoms with E-state index in [0.717, 1.165) is 16.1 Å². The van der Waals surface area contributed by atoms with Crippen molar-refractivity contribution in [3.05, 3.63) is 61.8 Å². The van der Waals surface area contributed by atoms with Gasteiger partial charge in [0, 0.05) is 16.0 Å². The predicted octanol–water partition coefficient (Wildman–Crippen LogP) is 5.82. The quantitative estimate of drug-likeness (QED) is 0.725. The van der Waals surface area contributed by atoms with Crippen LogP contribution in [0.2, 0.25) is 10.0 Å². The first kappa shape index (κ1) is 14.6. The fraction of sp³-hybridized carbons (Fsp3) is 0.143. The first-order valence-electron chi connectivity index (χ1n) is 5.61. The molecule has 0 spiro atoms. The molecule has 0 fully saturated rings. The van der Waals surface area contributed by atoms with Gasteiger partial charge in [-0.2, -0.15) is 0 Å². The van der Waals surface area contributed by atoms with Gasteiger partial charge in [-0.3, -0.25) is 0 Å². The molecule has 19 heavy (non-hydrogen) atoms. The molecule has 0 saturated carbocycles. The molecule has 5 heteroatoms. The number of hydrogen-bond donors (Lipinski definition) is 1. The lowest BCUT2D eigenvalue weighted by Gasteiger charge is -2.11. The molecule has 2 aromatic carbocycles. The normalized spacial score (nSPS) is 10.6. The van der Waals surface area contributed by atoms with Crippen LogP contribution < -0.4 is 5.32 Å². The second-order valence-electron chi connectivity index (χ2n) is 4.18. The summed E-state index contributed by atoms with van der Waals surface area (Å²) >= 11 is 15.3. The second kappa shape index (κ2) is 6.12. The minimum Gasteiger partial charge on any atom is -0.379 e. The summed E-state index contributed by atoms with van der Waals surface area (Å²) in [5.74, 6) is -0.374. The fourth-order valence-corrected chi connectivity index (χ4v) is 2.81. The van der Waals surface area contributed by atoms with Crippen molar-refractivity contribution in [3.63, 3.8) is 0 Å². The number of aryl methyl sites for hydroxylation is 1. The molecule has 100 valence electrons. The average Bonchev–Trinajstić information content (AvgIpc) is 2.32. The van der Waals surface area contributed by atoms with Crippen molar-refractivity contribution in [2.75, 3.05) is 5.32 Å². The van der Waals surface area contributed by atoms with Gasteiger partial charge in [-0.15, -0.1) is 0 Å². The van der Waals surface area contributed by atoms with E-state index < -0.39 is 0 Å². The summed E-state index contributed by atoms with van der Waals surface area (Å²) in [6.07, 6.45) is 0. The molecule has 1 nitrogen and oxygen atoms in total. The maximum absolute atomic E-state index is 13.1. The van der Waals surface area contributed by atoms with Crippen LogP contribution in [0.1, 0.15) is 11.1 Å². The molecule has 0 radical (unpaired) electrons. The minimum absolute atomic E-state index is 0.338. The van der Waals surface area contributed by atoms with E-state index in [4.69, 9.17) is 23.2 Å². The van der Waals surface area contributed by atoms with Crippen LogP contribution in [0.25, 0.3) is 0 Å².